The maximum atomic E-state index is 12.6. The smallest absolute Gasteiger partial charge is 0.228 e. The van der Waals surface area contributed by atoms with Gasteiger partial charge in [0.15, 0.2) is 5.79 Å². The normalized spacial score (nSPS) is 37.3. The lowest BCUT2D eigenvalue weighted by atomic mass is 9.96. The molecule has 0 radical (unpaired) electrons. The number of ether oxygens (including phenoxy) is 3. The summed E-state index contributed by atoms with van der Waals surface area (Å²) in [6.45, 7) is 4.57. The van der Waals surface area contributed by atoms with Gasteiger partial charge in [0, 0.05) is 27.2 Å². The Morgan fingerprint density at radius 3 is 2.77 bits per heavy atom. The van der Waals surface area contributed by atoms with E-state index < -0.39 is 5.79 Å². The molecule has 0 aromatic carbocycles. The highest BCUT2D eigenvalue weighted by Gasteiger charge is 2.43. The molecule has 1 amide bonds. The van der Waals surface area contributed by atoms with Crippen LogP contribution in [-0.2, 0) is 19.0 Å². The van der Waals surface area contributed by atoms with Crippen molar-refractivity contribution in [2.24, 2.45) is 0 Å². The third kappa shape index (κ3) is 3.79. The van der Waals surface area contributed by atoms with Crippen LogP contribution in [0.3, 0.4) is 0 Å². The Labute approximate surface area is 132 Å². The SMILES string of the molecule is COC1CCC(O)(CC(=O)N2CCCC2[C@@H](C)OC)OC1C. The standard InChI is InChI=1S/C16H29NO5/c1-11(20-3)13-6-5-9-17(13)15(18)10-16(19)8-7-14(21-4)12(2)22-16/h11-14,19H,5-10H2,1-4H3/t11-,12?,13?,14?,16?/m1/s1. The third-order valence-electron chi connectivity index (χ3n) is 5.01. The number of carbonyl (C=O) groups excluding carboxylic acids is 1. The molecule has 2 saturated heterocycles. The number of aliphatic hydroxyl groups is 1. The van der Waals surface area contributed by atoms with Gasteiger partial charge in [-0.15, -0.1) is 0 Å². The molecule has 0 aliphatic carbocycles. The Morgan fingerprint density at radius 2 is 2.18 bits per heavy atom. The maximum Gasteiger partial charge on any atom is 0.228 e. The predicted octanol–water partition coefficient (Wildman–Crippen LogP) is 1.30. The number of hydrogen-bond acceptors (Lipinski definition) is 5. The molecule has 1 N–H and O–H groups in total. The second kappa shape index (κ2) is 7.25. The number of amides is 1. The summed E-state index contributed by atoms with van der Waals surface area (Å²) in [6.07, 6.45) is 2.80. The van der Waals surface area contributed by atoms with E-state index in [0.717, 1.165) is 19.4 Å². The molecule has 2 aliphatic rings. The first-order valence-corrected chi connectivity index (χ1v) is 8.15. The molecular weight excluding hydrogens is 286 g/mol. The molecule has 2 heterocycles. The van der Waals surface area contributed by atoms with Crippen LogP contribution in [0.15, 0.2) is 0 Å². The molecule has 5 atom stereocenters. The van der Waals surface area contributed by atoms with Crippen molar-refractivity contribution >= 4 is 5.91 Å². The van der Waals surface area contributed by atoms with E-state index in [4.69, 9.17) is 14.2 Å². The van der Waals surface area contributed by atoms with E-state index in [-0.39, 0.29) is 36.7 Å². The van der Waals surface area contributed by atoms with Crippen molar-refractivity contribution in [3.63, 3.8) is 0 Å². The summed E-state index contributed by atoms with van der Waals surface area (Å²) in [5, 5.41) is 10.6. The van der Waals surface area contributed by atoms with E-state index in [2.05, 4.69) is 0 Å². The summed E-state index contributed by atoms with van der Waals surface area (Å²) in [5.41, 5.74) is 0. The molecular formula is C16H29NO5. The van der Waals surface area contributed by atoms with Crippen molar-refractivity contribution < 1.29 is 24.1 Å². The number of carbonyl (C=O) groups is 1. The molecule has 2 aliphatic heterocycles. The average molecular weight is 315 g/mol. The van der Waals surface area contributed by atoms with E-state index in [0.29, 0.717) is 12.8 Å². The van der Waals surface area contributed by atoms with Gasteiger partial charge in [-0.25, -0.2) is 0 Å². The van der Waals surface area contributed by atoms with Gasteiger partial charge >= 0.3 is 0 Å². The molecule has 22 heavy (non-hydrogen) atoms. The van der Waals surface area contributed by atoms with Gasteiger partial charge in [0.1, 0.15) is 0 Å². The molecule has 0 saturated carbocycles. The number of hydrogen-bond donors (Lipinski definition) is 1. The van der Waals surface area contributed by atoms with Crippen molar-refractivity contribution in [3.05, 3.63) is 0 Å². The second-order valence-corrected chi connectivity index (χ2v) is 6.50. The van der Waals surface area contributed by atoms with Crippen LogP contribution in [0.4, 0.5) is 0 Å². The van der Waals surface area contributed by atoms with Gasteiger partial charge in [0.25, 0.3) is 0 Å². The van der Waals surface area contributed by atoms with Crippen LogP contribution in [0.25, 0.3) is 0 Å². The highest BCUT2D eigenvalue weighted by atomic mass is 16.6. The quantitative estimate of drug-likeness (QED) is 0.828. The molecule has 4 unspecified atom stereocenters. The number of nitrogens with zero attached hydrogens (tertiary/aromatic N) is 1. The fraction of sp³-hybridized carbons (Fsp3) is 0.938. The van der Waals surface area contributed by atoms with Gasteiger partial charge in [0.05, 0.1) is 30.8 Å². The minimum Gasteiger partial charge on any atom is -0.380 e. The topological polar surface area (TPSA) is 68.2 Å². The van der Waals surface area contributed by atoms with Gasteiger partial charge in [-0.05, 0) is 33.1 Å². The first kappa shape index (κ1) is 17.7. The second-order valence-electron chi connectivity index (χ2n) is 6.50. The number of rotatable bonds is 5. The molecule has 128 valence electrons. The van der Waals surface area contributed by atoms with Crippen molar-refractivity contribution in [1.29, 1.82) is 0 Å². The Bertz CT molecular complexity index is 391. The first-order valence-electron chi connectivity index (χ1n) is 8.15. The van der Waals surface area contributed by atoms with Crippen molar-refractivity contribution in [3.8, 4) is 0 Å². The van der Waals surface area contributed by atoms with Crippen LogP contribution in [-0.4, -0.2) is 66.8 Å². The van der Waals surface area contributed by atoms with E-state index in [1.165, 1.54) is 0 Å². The fourth-order valence-electron chi connectivity index (χ4n) is 3.61. The molecule has 0 aromatic rings. The zero-order valence-corrected chi connectivity index (χ0v) is 14.1. The molecule has 0 bridgehead atoms. The lowest BCUT2D eigenvalue weighted by Gasteiger charge is -2.40. The maximum absolute atomic E-state index is 12.6. The largest absolute Gasteiger partial charge is 0.380 e. The van der Waals surface area contributed by atoms with E-state index >= 15 is 0 Å². The van der Waals surface area contributed by atoms with E-state index in [1.54, 1.807) is 14.2 Å². The predicted molar refractivity (Wildman–Crippen MR) is 81.4 cm³/mol. The lowest BCUT2D eigenvalue weighted by Crippen LogP contribution is -2.51. The zero-order chi connectivity index (χ0) is 16.3. The van der Waals surface area contributed by atoms with E-state index in [9.17, 15) is 9.90 Å². The van der Waals surface area contributed by atoms with Crippen molar-refractivity contribution in [2.75, 3.05) is 20.8 Å². The first-order chi connectivity index (χ1) is 10.4. The van der Waals surface area contributed by atoms with Crippen molar-refractivity contribution in [1.82, 2.24) is 4.90 Å². The average Bonchev–Trinajstić information content (AvgIpc) is 2.95. The van der Waals surface area contributed by atoms with Crippen LogP contribution in [0.5, 0.6) is 0 Å². The zero-order valence-electron chi connectivity index (χ0n) is 14.1. The summed E-state index contributed by atoms with van der Waals surface area (Å²) in [4.78, 5) is 14.4. The minimum absolute atomic E-state index is 0.000703. The Hall–Kier alpha value is -0.690. The Kier molecular flexibility index (Phi) is 5.82. The third-order valence-corrected chi connectivity index (χ3v) is 5.01. The van der Waals surface area contributed by atoms with Gasteiger partial charge in [-0.3, -0.25) is 4.79 Å². The molecule has 2 rings (SSSR count). The Morgan fingerprint density at radius 1 is 1.45 bits per heavy atom. The van der Waals surface area contributed by atoms with Gasteiger partial charge < -0.3 is 24.2 Å². The van der Waals surface area contributed by atoms with Gasteiger partial charge in [-0.2, -0.15) is 0 Å². The van der Waals surface area contributed by atoms with Crippen molar-refractivity contribution in [2.45, 2.75) is 76.1 Å². The highest BCUT2D eigenvalue weighted by Crippen LogP contribution is 2.32. The molecule has 0 spiro atoms. The van der Waals surface area contributed by atoms with Gasteiger partial charge in [0.2, 0.25) is 5.91 Å². The van der Waals surface area contributed by atoms with Gasteiger partial charge in [-0.1, -0.05) is 0 Å². The van der Waals surface area contributed by atoms with Crippen LogP contribution in [0.2, 0.25) is 0 Å². The van der Waals surface area contributed by atoms with Crippen LogP contribution in [0.1, 0.15) is 46.0 Å². The molecule has 2 fully saturated rings. The summed E-state index contributed by atoms with van der Waals surface area (Å²) < 4.78 is 16.4. The molecule has 6 heteroatoms. The fourth-order valence-corrected chi connectivity index (χ4v) is 3.61. The highest BCUT2D eigenvalue weighted by molar-refractivity contribution is 5.77. The summed E-state index contributed by atoms with van der Waals surface area (Å²) in [7, 11) is 3.30. The summed E-state index contributed by atoms with van der Waals surface area (Å²) in [6, 6.07) is 0.0915. The lowest BCUT2D eigenvalue weighted by molar-refractivity contribution is -0.276. The monoisotopic (exact) mass is 315 g/mol. The summed E-state index contributed by atoms with van der Waals surface area (Å²) >= 11 is 0. The summed E-state index contributed by atoms with van der Waals surface area (Å²) in [5.74, 6) is -1.44. The minimum atomic E-state index is -1.38. The molecule has 0 aromatic heterocycles. The number of methoxy groups -OCH3 is 2. The van der Waals surface area contributed by atoms with E-state index in [1.807, 2.05) is 18.7 Å². The molecule has 6 nitrogen and oxygen atoms in total. The van der Waals surface area contributed by atoms with Crippen LogP contribution < -0.4 is 0 Å². The Balaban J connectivity index is 1.96. The number of likely N-dealkylation sites (tertiary alicyclic amines) is 1. The van der Waals surface area contributed by atoms with Crippen LogP contribution >= 0.6 is 0 Å². The van der Waals surface area contributed by atoms with Crippen LogP contribution in [0, 0.1) is 0 Å².